The van der Waals surface area contributed by atoms with Crippen LogP contribution in [0, 0.1) is 0 Å². The average Bonchev–Trinajstić information content (AvgIpc) is 3.06. The predicted molar refractivity (Wildman–Crippen MR) is 175 cm³/mol. The number of benzene rings is 3. The molecule has 0 unspecified atom stereocenters. The molecule has 2 N–H and O–H groups in total. The third-order valence-electron chi connectivity index (χ3n) is 7.97. The Kier molecular flexibility index (Phi) is 11.5. The van der Waals surface area contributed by atoms with Gasteiger partial charge in [0.25, 0.3) is 0 Å². The van der Waals surface area contributed by atoms with Gasteiger partial charge in [0, 0.05) is 56.7 Å². The molecule has 0 radical (unpaired) electrons. The van der Waals surface area contributed by atoms with Gasteiger partial charge < -0.3 is 39.4 Å². The molecule has 1 saturated heterocycles. The second-order valence-electron chi connectivity index (χ2n) is 11.2. The molecular weight excluding hydrogens is 588 g/mol. The number of fused-ring (bicyclic) bond motifs is 1. The van der Waals surface area contributed by atoms with E-state index in [2.05, 4.69) is 10.6 Å². The van der Waals surface area contributed by atoms with Crippen molar-refractivity contribution < 1.29 is 33.3 Å². The molecule has 0 aliphatic carbocycles. The van der Waals surface area contributed by atoms with E-state index in [4.69, 9.17) is 18.9 Å². The van der Waals surface area contributed by atoms with Crippen molar-refractivity contribution >= 4 is 29.1 Å². The summed E-state index contributed by atoms with van der Waals surface area (Å²) in [5, 5.41) is 5.94. The van der Waals surface area contributed by atoms with Gasteiger partial charge in [-0.2, -0.15) is 0 Å². The highest BCUT2D eigenvalue weighted by molar-refractivity contribution is 5.97. The molecule has 2 aliphatic rings. The van der Waals surface area contributed by atoms with Gasteiger partial charge in [0.15, 0.2) is 0 Å². The highest BCUT2D eigenvalue weighted by Gasteiger charge is 2.30. The van der Waals surface area contributed by atoms with E-state index in [9.17, 15) is 14.4 Å². The van der Waals surface area contributed by atoms with E-state index in [0.717, 1.165) is 40.4 Å². The van der Waals surface area contributed by atoms with Crippen LogP contribution in [-0.2, 0) is 32.1 Å². The number of ether oxygens (including phenoxy) is 4. The van der Waals surface area contributed by atoms with Crippen LogP contribution in [-0.4, -0.2) is 76.9 Å². The number of nitrogens with one attached hydrogen (secondary N) is 2. The summed E-state index contributed by atoms with van der Waals surface area (Å²) in [6.45, 7) is 4.85. The standard InChI is InChI=1S/C35H42N4O7/c1-25(40)37-16-17-38-32-20-31(12-8-26(32)9-15-34(38)41)46-24-29-21-36-22-35(42)39(29)28-10-13-30(14-11-28)45-19-5-18-44-23-27-6-3-4-7-33(27)43-2/h3-4,6-8,10-14,20,29,36H,5,9,15-19,21-24H2,1-2H3,(H,37,40)/t29-/m1/s1. The molecule has 2 heterocycles. The monoisotopic (exact) mass is 630 g/mol. The number of anilines is 2. The van der Waals surface area contributed by atoms with Gasteiger partial charge >= 0.3 is 0 Å². The molecule has 0 bridgehead atoms. The number of piperazine rings is 1. The Labute approximate surface area is 269 Å². The third-order valence-corrected chi connectivity index (χ3v) is 7.97. The van der Waals surface area contributed by atoms with E-state index in [1.165, 1.54) is 6.92 Å². The Balaban J connectivity index is 1.13. The summed E-state index contributed by atoms with van der Waals surface area (Å²) in [6.07, 6.45) is 1.83. The van der Waals surface area contributed by atoms with Gasteiger partial charge in [0.05, 0.1) is 45.2 Å². The minimum absolute atomic E-state index is 0.0214. The van der Waals surface area contributed by atoms with Gasteiger partial charge in [0.2, 0.25) is 17.7 Å². The number of methoxy groups -OCH3 is 1. The largest absolute Gasteiger partial charge is 0.496 e. The van der Waals surface area contributed by atoms with E-state index in [0.29, 0.717) is 58.0 Å². The molecule has 1 fully saturated rings. The second-order valence-corrected chi connectivity index (χ2v) is 11.2. The summed E-state index contributed by atoms with van der Waals surface area (Å²) < 4.78 is 23.3. The number of nitrogens with zero attached hydrogens (tertiary/aromatic N) is 2. The summed E-state index contributed by atoms with van der Waals surface area (Å²) in [4.78, 5) is 40.5. The minimum Gasteiger partial charge on any atom is -0.496 e. The highest BCUT2D eigenvalue weighted by atomic mass is 16.5. The van der Waals surface area contributed by atoms with Crippen molar-refractivity contribution in [2.75, 3.05) is 62.9 Å². The molecule has 11 nitrogen and oxygen atoms in total. The minimum atomic E-state index is -0.234. The molecule has 3 aromatic rings. The van der Waals surface area contributed by atoms with E-state index in [1.807, 2.05) is 66.7 Å². The fourth-order valence-corrected chi connectivity index (χ4v) is 5.66. The number of aryl methyl sites for hydroxylation is 1. The first-order valence-electron chi connectivity index (χ1n) is 15.7. The normalized spacial score (nSPS) is 16.2. The number of rotatable bonds is 15. The lowest BCUT2D eigenvalue weighted by atomic mass is 10.0. The molecule has 244 valence electrons. The Morgan fingerprint density at radius 3 is 2.57 bits per heavy atom. The van der Waals surface area contributed by atoms with Crippen LogP contribution in [0.25, 0.3) is 0 Å². The van der Waals surface area contributed by atoms with Gasteiger partial charge in [0.1, 0.15) is 23.9 Å². The molecule has 0 aromatic heterocycles. The van der Waals surface area contributed by atoms with Crippen LogP contribution in [0.2, 0.25) is 0 Å². The Morgan fingerprint density at radius 2 is 1.76 bits per heavy atom. The average molecular weight is 631 g/mol. The lowest BCUT2D eigenvalue weighted by Crippen LogP contribution is -2.57. The molecule has 0 spiro atoms. The van der Waals surface area contributed by atoms with E-state index in [-0.39, 0.29) is 36.9 Å². The molecule has 2 aliphatic heterocycles. The first-order chi connectivity index (χ1) is 22.4. The van der Waals surface area contributed by atoms with Gasteiger partial charge in [-0.25, -0.2) is 0 Å². The quantitative estimate of drug-likeness (QED) is 0.245. The van der Waals surface area contributed by atoms with Crippen molar-refractivity contribution in [2.45, 2.75) is 38.8 Å². The van der Waals surface area contributed by atoms with Crippen LogP contribution in [0.4, 0.5) is 11.4 Å². The molecule has 11 heteroatoms. The maximum Gasteiger partial charge on any atom is 0.241 e. The molecule has 0 saturated carbocycles. The van der Waals surface area contributed by atoms with Gasteiger partial charge in [-0.15, -0.1) is 0 Å². The van der Waals surface area contributed by atoms with Gasteiger partial charge in [-0.1, -0.05) is 24.3 Å². The number of carbonyl (C=O) groups excluding carboxylic acids is 3. The summed E-state index contributed by atoms with van der Waals surface area (Å²) in [5.74, 6) is 2.00. The van der Waals surface area contributed by atoms with Crippen LogP contribution < -0.4 is 34.6 Å². The topological polar surface area (TPSA) is 119 Å². The van der Waals surface area contributed by atoms with Crippen molar-refractivity contribution in [3.63, 3.8) is 0 Å². The van der Waals surface area contributed by atoms with E-state index in [1.54, 1.807) is 16.9 Å². The maximum atomic E-state index is 13.0. The summed E-state index contributed by atoms with van der Waals surface area (Å²) in [7, 11) is 1.65. The number of amides is 3. The molecule has 3 amide bonds. The van der Waals surface area contributed by atoms with Crippen molar-refractivity contribution in [1.29, 1.82) is 0 Å². The fourth-order valence-electron chi connectivity index (χ4n) is 5.66. The molecule has 1 atom stereocenters. The van der Waals surface area contributed by atoms with Crippen molar-refractivity contribution in [1.82, 2.24) is 10.6 Å². The lowest BCUT2D eigenvalue weighted by molar-refractivity contribution is -0.120. The van der Waals surface area contributed by atoms with Gasteiger partial charge in [-0.3, -0.25) is 14.4 Å². The van der Waals surface area contributed by atoms with Crippen LogP contribution in [0.3, 0.4) is 0 Å². The van der Waals surface area contributed by atoms with Crippen molar-refractivity contribution in [2.24, 2.45) is 0 Å². The van der Waals surface area contributed by atoms with Crippen molar-refractivity contribution in [3.8, 4) is 17.2 Å². The van der Waals surface area contributed by atoms with Crippen molar-refractivity contribution in [3.05, 3.63) is 77.9 Å². The summed E-state index contributed by atoms with van der Waals surface area (Å²) in [5.41, 5.74) is 3.64. The Hall–Kier alpha value is -4.61. The van der Waals surface area contributed by atoms with Gasteiger partial charge in [-0.05, 0) is 48.4 Å². The lowest BCUT2D eigenvalue weighted by Gasteiger charge is -2.36. The highest BCUT2D eigenvalue weighted by Crippen LogP contribution is 2.32. The summed E-state index contributed by atoms with van der Waals surface area (Å²) >= 11 is 0. The molecule has 46 heavy (non-hydrogen) atoms. The fraction of sp³-hybridized carbons (Fsp3) is 0.400. The summed E-state index contributed by atoms with van der Waals surface area (Å²) in [6, 6.07) is 20.8. The SMILES string of the molecule is COc1ccccc1COCCCOc1ccc(N2C(=O)CNC[C@@H]2COc2ccc3c(c2)N(CCNC(C)=O)C(=O)CC3)cc1. The number of hydrogen-bond acceptors (Lipinski definition) is 8. The Morgan fingerprint density at radius 1 is 0.957 bits per heavy atom. The smallest absolute Gasteiger partial charge is 0.241 e. The molecule has 3 aromatic carbocycles. The zero-order valence-electron chi connectivity index (χ0n) is 26.5. The second kappa shape index (κ2) is 16.1. The van der Waals surface area contributed by atoms with Crippen LogP contribution >= 0.6 is 0 Å². The zero-order valence-corrected chi connectivity index (χ0v) is 26.5. The zero-order chi connectivity index (χ0) is 32.3. The first kappa shape index (κ1) is 32.8. The van der Waals surface area contributed by atoms with Crippen LogP contribution in [0.5, 0.6) is 17.2 Å². The first-order valence-corrected chi connectivity index (χ1v) is 15.7. The van der Waals surface area contributed by atoms with E-state index < -0.39 is 0 Å². The molecule has 5 rings (SSSR count). The predicted octanol–water partition coefficient (Wildman–Crippen LogP) is 3.48. The number of para-hydroxylation sites is 1. The maximum absolute atomic E-state index is 13.0. The Bertz CT molecular complexity index is 1500. The molecular formula is C35H42N4O7. The van der Waals surface area contributed by atoms with Crippen LogP contribution in [0.15, 0.2) is 66.7 Å². The number of carbonyl (C=O) groups is 3. The van der Waals surface area contributed by atoms with E-state index >= 15 is 0 Å². The third kappa shape index (κ3) is 8.55. The number of hydrogen-bond donors (Lipinski definition) is 2. The van der Waals surface area contributed by atoms with Crippen LogP contribution in [0.1, 0.15) is 30.9 Å².